The van der Waals surface area contributed by atoms with Crippen LogP contribution in [0.1, 0.15) is 25.0 Å². The lowest BCUT2D eigenvalue weighted by atomic mass is 10.0. The van der Waals surface area contributed by atoms with E-state index in [0.29, 0.717) is 17.4 Å². The van der Waals surface area contributed by atoms with Crippen molar-refractivity contribution in [1.82, 2.24) is 0 Å². The Balaban J connectivity index is 3.01. The second-order valence-electron chi connectivity index (χ2n) is 4.02. The molecular weight excluding hydrogens is 211 g/mol. The molecule has 0 atom stereocenters. The highest BCUT2D eigenvalue weighted by atomic mass is 35.5. The molecule has 0 aliphatic carbocycles. The molecule has 0 nitrogen and oxygen atoms in total. The fourth-order valence-corrected chi connectivity index (χ4v) is 1.66. The maximum absolute atomic E-state index is 13.3. The molecule has 1 aromatic rings. The maximum atomic E-state index is 13.3. The van der Waals surface area contributed by atoms with E-state index in [4.69, 9.17) is 11.6 Å². The van der Waals surface area contributed by atoms with Crippen molar-refractivity contribution in [3.05, 3.63) is 40.7 Å². The lowest BCUT2D eigenvalue weighted by molar-refractivity contribution is 0.618. The molecule has 0 aliphatic heterocycles. The molecule has 15 heavy (non-hydrogen) atoms. The predicted octanol–water partition coefficient (Wildman–Crippen LogP) is 4.41. The molecule has 0 N–H and O–H groups in total. The zero-order chi connectivity index (χ0) is 11.4. The van der Waals surface area contributed by atoms with Gasteiger partial charge in [-0.25, -0.2) is 4.39 Å². The van der Waals surface area contributed by atoms with Crippen LogP contribution in [-0.4, -0.2) is 5.88 Å². The van der Waals surface area contributed by atoms with Crippen LogP contribution in [0.25, 0.3) is 6.08 Å². The van der Waals surface area contributed by atoms with Crippen molar-refractivity contribution in [2.75, 3.05) is 5.88 Å². The normalized spacial score (nSPS) is 12.3. The third kappa shape index (κ3) is 3.35. The Kier molecular flexibility index (Phi) is 4.34. The molecule has 0 heterocycles. The minimum absolute atomic E-state index is 0.165. The van der Waals surface area contributed by atoms with Gasteiger partial charge in [0.15, 0.2) is 0 Å². The monoisotopic (exact) mass is 226 g/mol. The molecule has 0 radical (unpaired) electrons. The van der Waals surface area contributed by atoms with Gasteiger partial charge < -0.3 is 0 Å². The molecule has 0 saturated heterocycles. The van der Waals surface area contributed by atoms with Gasteiger partial charge in [0.05, 0.1) is 0 Å². The van der Waals surface area contributed by atoms with Crippen molar-refractivity contribution < 1.29 is 4.39 Å². The molecule has 0 aliphatic rings. The highest BCUT2D eigenvalue weighted by molar-refractivity contribution is 6.19. The van der Waals surface area contributed by atoms with Gasteiger partial charge in [0.2, 0.25) is 0 Å². The van der Waals surface area contributed by atoms with E-state index in [1.165, 1.54) is 0 Å². The van der Waals surface area contributed by atoms with Crippen molar-refractivity contribution in [2.45, 2.75) is 20.8 Å². The molecular formula is C13H16ClF. The van der Waals surface area contributed by atoms with Crippen molar-refractivity contribution in [1.29, 1.82) is 0 Å². The zero-order valence-electron chi connectivity index (χ0n) is 9.35. The summed E-state index contributed by atoms with van der Waals surface area (Å²) in [6, 6.07) is 5.24. The number of halogens is 2. The topological polar surface area (TPSA) is 0 Å². The van der Waals surface area contributed by atoms with E-state index in [2.05, 4.69) is 13.8 Å². The van der Waals surface area contributed by atoms with Gasteiger partial charge >= 0.3 is 0 Å². The van der Waals surface area contributed by atoms with Crippen LogP contribution in [0.5, 0.6) is 0 Å². The van der Waals surface area contributed by atoms with Crippen molar-refractivity contribution in [3.63, 3.8) is 0 Å². The maximum Gasteiger partial charge on any atom is 0.126 e. The number of allylic oxidation sites excluding steroid dienone is 1. The lowest BCUT2D eigenvalue weighted by Gasteiger charge is -2.08. The van der Waals surface area contributed by atoms with Crippen LogP contribution in [0, 0.1) is 18.7 Å². The minimum atomic E-state index is -0.165. The Morgan fingerprint density at radius 2 is 2.13 bits per heavy atom. The smallest absolute Gasteiger partial charge is 0.126 e. The van der Waals surface area contributed by atoms with E-state index < -0.39 is 0 Å². The van der Waals surface area contributed by atoms with Crippen LogP contribution in [0.4, 0.5) is 4.39 Å². The number of hydrogen-bond donors (Lipinski definition) is 0. The van der Waals surface area contributed by atoms with Crippen molar-refractivity contribution >= 4 is 17.7 Å². The van der Waals surface area contributed by atoms with Crippen LogP contribution in [0.2, 0.25) is 0 Å². The Morgan fingerprint density at radius 1 is 1.47 bits per heavy atom. The van der Waals surface area contributed by atoms with E-state index >= 15 is 0 Å². The standard InChI is InChI=1S/C13H16ClF/c1-9(2)12(8-14)6-11-5-4-10(3)13(15)7-11/h4-7,9H,8H2,1-3H3. The Labute approximate surface area is 95.8 Å². The Hall–Kier alpha value is -0.820. The first-order valence-electron chi connectivity index (χ1n) is 5.07. The molecule has 2 heteroatoms. The number of aryl methyl sites for hydroxylation is 1. The summed E-state index contributed by atoms with van der Waals surface area (Å²) in [5, 5.41) is 0. The zero-order valence-corrected chi connectivity index (χ0v) is 10.1. The van der Waals surface area contributed by atoms with Crippen LogP contribution in [0.15, 0.2) is 23.8 Å². The minimum Gasteiger partial charge on any atom is -0.207 e. The number of benzene rings is 1. The largest absolute Gasteiger partial charge is 0.207 e. The van der Waals surface area contributed by atoms with Crippen molar-refractivity contribution in [2.24, 2.45) is 5.92 Å². The first kappa shape index (κ1) is 12.3. The quantitative estimate of drug-likeness (QED) is 0.670. The third-order valence-electron chi connectivity index (χ3n) is 2.44. The summed E-state index contributed by atoms with van der Waals surface area (Å²) < 4.78 is 13.3. The van der Waals surface area contributed by atoms with E-state index in [1.54, 1.807) is 19.1 Å². The van der Waals surface area contributed by atoms with Gasteiger partial charge in [-0.2, -0.15) is 0 Å². The molecule has 0 spiro atoms. The molecule has 1 rings (SSSR count). The van der Waals surface area contributed by atoms with Crippen LogP contribution in [0.3, 0.4) is 0 Å². The van der Waals surface area contributed by atoms with E-state index in [0.717, 1.165) is 11.1 Å². The second-order valence-corrected chi connectivity index (χ2v) is 4.28. The third-order valence-corrected chi connectivity index (χ3v) is 2.75. The van der Waals surface area contributed by atoms with Gasteiger partial charge in [-0.15, -0.1) is 11.6 Å². The fourth-order valence-electron chi connectivity index (χ4n) is 1.27. The average Bonchev–Trinajstić information content (AvgIpc) is 2.19. The molecule has 0 unspecified atom stereocenters. The van der Waals surface area contributed by atoms with Gasteiger partial charge in [-0.1, -0.05) is 37.6 Å². The fraction of sp³-hybridized carbons (Fsp3) is 0.385. The van der Waals surface area contributed by atoms with Gasteiger partial charge in [-0.3, -0.25) is 0 Å². The van der Waals surface area contributed by atoms with E-state index in [1.807, 2.05) is 12.1 Å². The molecule has 82 valence electrons. The number of hydrogen-bond acceptors (Lipinski definition) is 0. The van der Waals surface area contributed by atoms with Gasteiger partial charge in [0, 0.05) is 5.88 Å². The molecule has 0 bridgehead atoms. The second kappa shape index (κ2) is 5.32. The van der Waals surface area contributed by atoms with Crippen molar-refractivity contribution in [3.8, 4) is 0 Å². The highest BCUT2D eigenvalue weighted by Crippen LogP contribution is 2.17. The summed E-state index contributed by atoms with van der Waals surface area (Å²) in [5.74, 6) is 0.723. The summed E-state index contributed by atoms with van der Waals surface area (Å²) in [6.07, 6.45) is 1.96. The molecule has 0 saturated carbocycles. The summed E-state index contributed by atoms with van der Waals surface area (Å²) in [7, 11) is 0. The Morgan fingerprint density at radius 3 is 2.60 bits per heavy atom. The molecule has 0 amide bonds. The number of alkyl halides is 1. The average molecular weight is 227 g/mol. The summed E-state index contributed by atoms with van der Waals surface area (Å²) in [4.78, 5) is 0. The number of rotatable bonds is 3. The summed E-state index contributed by atoms with van der Waals surface area (Å²) in [5.41, 5.74) is 2.67. The predicted molar refractivity (Wildman–Crippen MR) is 64.7 cm³/mol. The SMILES string of the molecule is Cc1ccc(C=C(CCl)C(C)C)cc1F. The lowest BCUT2D eigenvalue weighted by Crippen LogP contribution is -1.95. The summed E-state index contributed by atoms with van der Waals surface area (Å²) >= 11 is 5.82. The van der Waals surface area contributed by atoms with E-state index in [-0.39, 0.29) is 5.82 Å². The van der Waals surface area contributed by atoms with Crippen LogP contribution < -0.4 is 0 Å². The Bertz CT molecular complexity index is 367. The molecule has 1 aromatic carbocycles. The van der Waals surface area contributed by atoms with Gasteiger partial charge in [0.1, 0.15) is 5.82 Å². The highest BCUT2D eigenvalue weighted by Gasteiger charge is 2.03. The van der Waals surface area contributed by atoms with Crippen LogP contribution in [-0.2, 0) is 0 Å². The van der Waals surface area contributed by atoms with Gasteiger partial charge in [0.25, 0.3) is 0 Å². The van der Waals surface area contributed by atoms with E-state index in [9.17, 15) is 4.39 Å². The van der Waals surface area contributed by atoms with Gasteiger partial charge in [-0.05, 0) is 30.0 Å². The first-order valence-corrected chi connectivity index (χ1v) is 5.60. The van der Waals surface area contributed by atoms with Crippen LogP contribution >= 0.6 is 11.6 Å². The summed E-state index contributed by atoms with van der Waals surface area (Å²) in [6.45, 7) is 5.92. The first-order chi connectivity index (χ1) is 7.04. The molecule has 0 aromatic heterocycles. The molecule has 0 fully saturated rings.